The molecule has 2 aliphatic rings. The van der Waals surface area contributed by atoms with Crippen molar-refractivity contribution in [3.8, 4) is 44.8 Å². The van der Waals surface area contributed by atoms with Crippen molar-refractivity contribution in [2.24, 2.45) is 0 Å². The SMILES string of the molecule is c1ccc2c(c1)-c1ccccc1C21c2ccccc2-c2cnc3c(c21)c1ccccc1n3-c1ccc(-c2ccc(-n3ccc4ccccc43)cc2)cc1. The molecule has 12 rings (SSSR count). The van der Waals surface area contributed by atoms with Crippen LogP contribution in [0.1, 0.15) is 22.3 Å². The van der Waals surface area contributed by atoms with Crippen LogP contribution in [0.4, 0.5) is 0 Å². The molecular formula is C50H31N3. The Hall–Kier alpha value is -6.97. The Morgan fingerprint density at radius 1 is 0.434 bits per heavy atom. The smallest absolute Gasteiger partial charge is 0.145 e. The van der Waals surface area contributed by atoms with E-state index in [1.54, 1.807) is 0 Å². The van der Waals surface area contributed by atoms with E-state index in [0.717, 1.165) is 22.5 Å². The molecule has 246 valence electrons. The normalized spacial score (nSPS) is 13.4. The third kappa shape index (κ3) is 3.70. The summed E-state index contributed by atoms with van der Waals surface area (Å²) in [5, 5.41) is 3.69. The summed E-state index contributed by atoms with van der Waals surface area (Å²) in [7, 11) is 0. The molecule has 0 N–H and O–H groups in total. The molecule has 0 aliphatic heterocycles. The van der Waals surface area contributed by atoms with Gasteiger partial charge in [-0.05, 0) is 97.9 Å². The van der Waals surface area contributed by atoms with Gasteiger partial charge in [0.15, 0.2) is 0 Å². The Kier molecular flexibility index (Phi) is 5.70. The van der Waals surface area contributed by atoms with Crippen LogP contribution < -0.4 is 0 Å². The second-order valence-corrected chi connectivity index (χ2v) is 14.3. The predicted octanol–water partition coefficient (Wildman–Crippen LogP) is 12.1. The lowest BCUT2D eigenvalue weighted by molar-refractivity contribution is 0.801. The minimum absolute atomic E-state index is 0.446. The van der Waals surface area contributed by atoms with Gasteiger partial charge in [0.25, 0.3) is 0 Å². The van der Waals surface area contributed by atoms with Crippen LogP contribution in [0.3, 0.4) is 0 Å². The van der Waals surface area contributed by atoms with Crippen LogP contribution in [0.25, 0.3) is 77.6 Å². The molecule has 1 spiro atoms. The highest BCUT2D eigenvalue weighted by Crippen LogP contribution is 2.64. The van der Waals surface area contributed by atoms with Crippen LogP contribution in [-0.2, 0) is 5.41 Å². The first-order chi connectivity index (χ1) is 26.3. The monoisotopic (exact) mass is 673 g/mol. The average Bonchev–Trinajstić information content (AvgIpc) is 3.97. The van der Waals surface area contributed by atoms with Crippen LogP contribution >= 0.6 is 0 Å². The Labute approximate surface area is 306 Å². The minimum atomic E-state index is -0.446. The van der Waals surface area contributed by atoms with E-state index in [4.69, 9.17) is 4.98 Å². The highest BCUT2D eigenvalue weighted by molar-refractivity contribution is 6.14. The topological polar surface area (TPSA) is 22.8 Å². The van der Waals surface area contributed by atoms with Crippen molar-refractivity contribution in [1.29, 1.82) is 0 Å². The van der Waals surface area contributed by atoms with E-state index in [1.807, 2.05) is 0 Å². The Bertz CT molecular complexity index is 3040. The molecule has 0 atom stereocenters. The summed E-state index contributed by atoms with van der Waals surface area (Å²) in [6.07, 6.45) is 4.28. The molecular weight excluding hydrogens is 643 g/mol. The van der Waals surface area contributed by atoms with E-state index < -0.39 is 5.41 Å². The summed E-state index contributed by atoms with van der Waals surface area (Å²) in [6.45, 7) is 0. The number of rotatable bonds is 3. The van der Waals surface area contributed by atoms with Gasteiger partial charge in [-0.1, -0.05) is 133 Å². The highest BCUT2D eigenvalue weighted by Gasteiger charge is 2.53. The van der Waals surface area contributed by atoms with E-state index in [0.29, 0.717) is 0 Å². The Morgan fingerprint density at radius 3 is 1.62 bits per heavy atom. The molecule has 7 aromatic carbocycles. The second-order valence-electron chi connectivity index (χ2n) is 14.3. The van der Waals surface area contributed by atoms with E-state index >= 15 is 0 Å². The largest absolute Gasteiger partial charge is 0.317 e. The van der Waals surface area contributed by atoms with Crippen LogP contribution in [0.2, 0.25) is 0 Å². The van der Waals surface area contributed by atoms with Crippen molar-refractivity contribution in [1.82, 2.24) is 14.1 Å². The first-order valence-corrected chi connectivity index (χ1v) is 18.3. The van der Waals surface area contributed by atoms with Crippen molar-refractivity contribution >= 4 is 32.8 Å². The molecule has 0 fully saturated rings. The fourth-order valence-electron chi connectivity index (χ4n) is 9.67. The number of hydrogen-bond donors (Lipinski definition) is 0. The molecule has 0 radical (unpaired) electrons. The fourth-order valence-corrected chi connectivity index (χ4v) is 9.67. The van der Waals surface area contributed by atoms with Crippen molar-refractivity contribution in [2.75, 3.05) is 0 Å². The quantitative estimate of drug-likeness (QED) is 0.183. The lowest BCUT2D eigenvalue weighted by Gasteiger charge is -2.31. The van der Waals surface area contributed by atoms with Gasteiger partial charge in [0.1, 0.15) is 5.65 Å². The lowest BCUT2D eigenvalue weighted by atomic mass is 9.70. The van der Waals surface area contributed by atoms with Gasteiger partial charge in [0.2, 0.25) is 0 Å². The summed E-state index contributed by atoms with van der Waals surface area (Å²) in [5.74, 6) is 0. The van der Waals surface area contributed by atoms with Gasteiger partial charge >= 0.3 is 0 Å². The second kappa shape index (κ2) is 10.5. The maximum absolute atomic E-state index is 5.33. The van der Waals surface area contributed by atoms with E-state index in [9.17, 15) is 0 Å². The first-order valence-electron chi connectivity index (χ1n) is 18.3. The van der Waals surface area contributed by atoms with Crippen molar-refractivity contribution in [3.05, 3.63) is 211 Å². The zero-order valence-electron chi connectivity index (χ0n) is 28.7. The maximum Gasteiger partial charge on any atom is 0.145 e. The number of para-hydroxylation sites is 2. The van der Waals surface area contributed by atoms with Gasteiger partial charge in [-0.2, -0.15) is 0 Å². The summed E-state index contributed by atoms with van der Waals surface area (Å²) in [4.78, 5) is 5.33. The Morgan fingerprint density at radius 2 is 0.962 bits per heavy atom. The van der Waals surface area contributed by atoms with Gasteiger partial charge in [0.05, 0.1) is 16.4 Å². The minimum Gasteiger partial charge on any atom is -0.317 e. The summed E-state index contributed by atoms with van der Waals surface area (Å²) in [6, 6.07) is 64.4. The van der Waals surface area contributed by atoms with Crippen LogP contribution in [0, 0.1) is 0 Å². The molecule has 10 aromatic rings. The van der Waals surface area contributed by atoms with Gasteiger partial charge in [-0.15, -0.1) is 0 Å². The number of hydrogen-bond acceptors (Lipinski definition) is 1. The summed E-state index contributed by atoms with van der Waals surface area (Å²) < 4.78 is 4.61. The molecule has 3 nitrogen and oxygen atoms in total. The van der Waals surface area contributed by atoms with Gasteiger partial charge < -0.3 is 4.57 Å². The van der Waals surface area contributed by atoms with Crippen molar-refractivity contribution in [3.63, 3.8) is 0 Å². The van der Waals surface area contributed by atoms with Crippen molar-refractivity contribution < 1.29 is 0 Å². The fraction of sp³-hybridized carbons (Fsp3) is 0.0200. The number of fused-ring (bicyclic) bond motifs is 15. The molecule has 0 amide bonds. The molecule has 0 saturated heterocycles. The summed E-state index contributed by atoms with van der Waals surface area (Å²) >= 11 is 0. The molecule has 2 aliphatic carbocycles. The number of benzene rings is 7. The third-order valence-corrected chi connectivity index (χ3v) is 11.8. The van der Waals surface area contributed by atoms with Gasteiger partial charge in [-0.3, -0.25) is 4.57 Å². The Balaban J connectivity index is 1.05. The standard InChI is InChI=1S/C50H31N3/c1-9-19-45-34(11-1)29-30-52(45)35-25-21-32(22-26-35)33-23-27-36(28-24-33)53-46-20-10-5-15-40(46)47-48-41(31-51-49(47)53)39-14-4-8-18-44(39)50(48)42-16-6-2-12-37(42)38-13-3-7-17-43(38)50/h1-31H. The molecule has 0 saturated carbocycles. The van der Waals surface area contributed by atoms with E-state index in [2.05, 4.69) is 197 Å². The predicted molar refractivity (Wildman–Crippen MR) is 217 cm³/mol. The van der Waals surface area contributed by atoms with Crippen LogP contribution in [0.15, 0.2) is 188 Å². The van der Waals surface area contributed by atoms with Crippen LogP contribution in [0.5, 0.6) is 0 Å². The third-order valence-electron chi connectivity index (χ3n) is 11.8. The molecule has 3 heteroatoms. The molecule has 53 heavy (non-hydrogen) atoms. The molecule has 0 bridgehead atoms. The molecule has 0 unspecified atom stereocenters. The van der Waals surface area contributed by atoms with Crippen LogP contribution in [-0.4, -0.2) is 14.1 Å². The zero-order valence-corrected chi connectivity index (χ0v) is 28.7. The zero-order chi connectivity index (χ0) is 34.7. The van der Waals surface area contributed by atoms with Crippen molar-refractivity contribution in [2.45, 2.75) is 5.41 Å². The van der Waals surface area contributed by atoms with E-state index in [-0.39, 0.29) is 0 Å². The maximum atomic E-state index is 5.33. The number of nitrogens with zero attached hydrogens (tertiary/aromatic N) is 3. The number of aromatic nitrogens is 3. The number of pyridine rings is 1. The molecule has 3 heterocycles. The summed E-state index contributed by atoms with van der Waals surface area (Å²) in [5.41, 5.74) is 18.0. The van der Waals surface area contributed by atoms with Gasteiger partial charge in [0, 0.05) is 40.1 Å². The highest BCUT2D eigenvalue weighted by atomic mass is 15.0. The van der Waals surface area contributed by atoms with E-state index in [1.165, 1.54) is 77.3 Å². The van der Waals surface area contributed by atoms with Gasteiger partial charge in [-0.25, -0.2) is 4.98 Å². The first kappa shape index (κ1) is 28.7. The lowest BCUT2D eigenvalue weighted by Crippen LogP contribution is -2.26. The average molecular weight is 674 g/mol. The molecule has 3 aromatic heterocycles.